The lowest BCUT2D eigenvalue weighted by atomic mass is 10.1. The Labute approximate surface area is 160 Å². The van der Waals surface area contributed by atoms with Crippen LogP contribution in [0.2, 0.25) is 5.02 Å². The van der Waals surface area contributed by atoms with Crippen molar-refractivity contribution >= 4 is 34.5 Å². The zero-order chi connectivity index (χ0) is 18.7. The molecule has 1 fully saturated rings. The highest BCUT2D eigenvalue weighted by atomic mass is 35.5. The third kappa shape index (κ3) is 4.37. The van der Waals surface area contributed by atoms with Gasteiger partial charge in [-0.2, -0.15) is 0 Å². The summed E-state index contributed by atoms with van der Waals surface area (Å²) in [4.78, 5) is 23.3. The number of carbonyl (C=O) groups is 2. The lowest BCUT2D eigenvalue weighted by Crippen LogP contribution is -2.37. The van der Waals surface area contributed by atoms with Gasteiger partial charge in [0.05, 0.1) is 11.3 Å². The molecular weight excluding hydrogens is 374 g/mol. The molecule has 0 aliphatic carbocycles. The highest BCUT2D eigenvalue weighted by molar-refractivity contribution is 8.15. The van der Waals surface area contributed by atoms with Crippen molar-refractivity contribution in [2.24, 2.45) is 11.6 Å². The van der Waals surface area contributed by atoms with Crippen LogP contribution in [0.1, 0.15) is 17.2 Å². The number of thioether (sulfide) groups is 1. The van der Waals surface area contributed by atoms with Crippen molar-refractivity contribution in [3.8, 4) is 5.75 Å². The van der Waals surface area contributed by atoms with E-state index >= 15 is 0 Å². The number of halogens is 1. The van der Waals surface area contributed by atoms with E-state index in [1.807, 2.05) is 42.5 Å². The Bertz CT molecular complexity index is 816. The van der Waals surface area contributed by atoms with Gasteiger partial charge < -0.3 is 10.5 Å². The van der Waals surface area contributed by atoms with E-state index in [9.17, 15) is 9.59 Å². The van der Waals surface area contributed by atoms with Crippen molar-refractivity contribution < 1.29 is 14.3 Å². The third-order valence-corrected chi connectivity index (χ3v) is 5.29. The molecule has 26 heavy (non-hydrogen) atoms. The Morgan fingerprint density at radius 3 is 2.54 bits per heavy atom. The van der Waals surface area contributed by atoms with Crippen molar-refractivity contribution in [1.29, 1.82) is 0 Å². The van der Waals surface area contributed by atoms with Gasteiger partial charge in [0.15, 0.2) is 0 Å². The van der Waals surface area contributed by atoms with E-state index in [0.29, 0.717) is 28.8 Å². The summed E-state index contributed by atoms with van der Waals surface area (Å²) in [6.45, 7) is 0.313. The zero-order valence-corrected chi connectivity index (χ0v) is 15.4. The minimum atomic E-state index is -0.476. The van der Waals surface area contributed by atoms with Gasteiger partial charge in [-0.1, -0.05) is 35.9 Å². The fourth-order valence-corrected chi connectivity index (χ4v) is 3.69. The first-order valence-electron chi connectivity index (χ1n) is 7.96. The minimum absolute atomic E-state index is 0.289. The summed E-state index contributed by atoms with van der Waals surface area (Å²) in [5.41, 5.74) is 7.95. The van der Waals surface area contributed by atoms with Gasteiger partial charge in [-0.05, 0) is 53.6 Å². The predicted octanol–water partition coefficient (Wildman–Crippen LogP) is 2.90. The standard InChI is InChI=1S/C18H18ClN3O3S/c19-13-3-1-2-12(9-13)15(20)10-25-14-6-4-11(5-7-14)8-16-17(23)22(21)18(24)26-16/h1-7,9,15-16H,8,10,20-21H2/t15-,16?/m1/s1. The molecule has 8 heteroatoms. The predicted molar refractivity (Wildman–Crippen MR) is 102 cm³/mol. The fourth-order valence-electron chi connectivity index (χ4n) is 2.56. The molecule has 0 saturated carbocycles. The van der Waals surface area contributed by atoms with Crippen LogP contribution in [0.15, 0.2) is 48.5 Å². The Kier molecular flexibility index (Phi) is 5.83. The Morgan fingerprint density at radius 1 is 1.19 bits per heavy atom. The molecular formula is C18H18ClN3O3S. The summed E-state index contributed by atoms with van der Waals surface area (Å²) in [7, 11) is 0. The van der Waals surface area contributed by atoms with Gasteiger partial charge in [-0.25, -0.2) is 10.9 Å². The van der Waals surface area contributed by atoms with E-state index in [2.05, 4.69) is 0 Å². The lowest BCUT2D eigenvalue weighted by Gasteiger charge is -2.14. The van der Waals surface area contributed by atoms with Gasteiger partial charge in [-0.3, -0.25) is 9.59 Å². The Balaban J connectivity index is 1.55. The molecule has 1 aliphatic rings. The van der Waals surface area contributed by atoms with Crippen LogP contribution < -0.4 is 16.3 Å². The number of hydrazine groups is 1. The molecule has 2 aromatic rings. The van der Waals surface area contributed by atoms with Gasteiger partial charge in [0.1, 0.15) is 12.4 Å². The largest absolute Gasteiger partial charge is 0.492 e. The average Bonchev–Trinajstić information content (AvgIpc) is 2.87. The number of imide groups is 1. The van der Waals surface area contributed by atoms with Crippen molar-refractivity contribution in [2.75, 3.05) is 6.61 Å². The highest BCUT2D eigenvalue weighted by Crippen LogP contribution is 2.28. The smallest absolute Gasteiger partial charge is 0.303 e. The number of nitrogens with two attached hydrogens (primary N) is 2. The topological polar surface area (TPSA) is 98.7 Å². The molecule has 0 aromatic heterocycles. The van der Waals surface area contributed by atoms with E-state index in [4.69, 9.17) is 27.9 Å². The number of hydrogen-bond donors (Lipinski definition) is 2. The first-order chi connectivity index (χ1) is 12.4. The van der Waals surface area contributed by atoms with Crippen LogP contribution in [0.25, 0.3) is 0 Å². The maximum absolute atomic E-state index is 11.8. The number of rotatable bonds is 6. The number of nitrogens with zero attached hydrogens (tertiary/aromatic N) is 1. The molecule has 0 bridgehead atoms. The molecule has 0 radical (unpaired) electrons. The van der Waals surface area contributed by atoms with Gasteiger partial charge in [-0.15, -0.1) is 0 Å². The highest BCUT2D eigenvalue weighted by Gasteiger charge is 2.37. The van der Waals surface area contributed by atoms with Crippen molar-refractivity contribution in [1.82, 2.24) is 5.01 Å². The van der Waals surface area contributed by atoms with Crippen molar-refractivity contribution in [3.63, 3.8) is 0 Å². The molecule has 3 rings (SSSR count). The first kappa shape index (κ1) is 18.7. The van der Waals surface area contributed by atoms with E-state index < -0.39 is 10.5 Å². The molecule has 2 amide bonds. The summed E-state index contributed by atoms with van der Waals surface area (Å²) in [5, 5.41) is 0.408. The van der Waals surface area contributed by atoms with E-state index in [0.717, 1.165) is 22.9 Å². The molecule has 2 aromatic carbocycles. The molecule has 136 valence electrons. The monoisotopic (exact) mass is 391 g/mol. The van der Waals surface area contributed by atoms with Gasteiger partial charge in [0.2, 0.25) is 0 Å². The van der Waals surface area contributed by atoms with Gasteiger partial charge in [0, 0.05) is 5.02 Å². The maximum Gasteiger partial charge on any atom is 0.303 e. The Morgan fingerprint density at radius 2 is 1.92 bits per heavy atom. The van der Waals surface area contributed by atoms with Crippen LogP contribution in [0.5, 0.6) is 5.75 Å². The summed E-state index contributed by atoms with van der Waals surface area (Å²) in [6, 6.07) is 14.4. The minimum Gasteiger partial charge on any atom is -0.492 e. The van der Waals surface area contributed by atoms with E-state index in [1.54, 1.807) is 6.07 Å². The molecule has 6 nitrogen and oxygen atoms in total. The quantitative estimate of drug-likeness (QED) is 0.580. The van der Waals surface area contributed by atoms with Crippen LogP contribution in [0.4, 0.5) is 4.79 Å². The summed E-state index contributed by atoms with van der Waals surface area (Å²) < 4.78 is 5.72. The first-order valence-corrected chi connectivity index (χ1v) is 9.22. The second kappa shape index (κ2) is 8.09. The number of ether oxygens (including phenoxy) is 1. The normalized spacial score (nSPS) is 18.3. The van der Waals surface area contributed by atoms with E-state index in [1.165, 1.54) is 0 Å². The van der Waals surface area contributed by atoms with Crippen molar-refractivity contribution in [2.45, 2.75) is 17.7 Å². The van der Waals surface area contributed by atoms with Crippen LogP contribution >= 0.6 is 23.4 Å². The maximum atomic E-state index is 11.8. The molecule has 1 heterocycles. The molecule has 1 aliphatic heterocycles. The lowest BCUT2D eigenvalue weighted by molar-refractivity contribution is -0.126. The molecule has 1 saturated heterocycles. The number of hydrogen-bond acceptors (Lipinski definition) is 6. The van der Waals surface area contributed by atoms with Crippen molar-refractivity contribution in [3.05, 3.63) is 64.7 Å². The summed E-state index contributed by atoms with van der Waals surface area (Å²) in [6.07, 6.45) is 0.436. The summed E-state index contributed by atoms with van der Waals surface area (Å²) in [5.74, 6) is 5.69. The number of benzene rings is 2. The van der Waals surface area contributed by atoms with Crippen LogP contribution in [-0.4, -0.2) is 28.0 Å². The second-order valence-electron chi connectivity index (χ2n) is 5.90. The SMILES string of the molecule is N[C@H](COc1ccc(CC2SC(=O)N(N)C2=O)cc1)c1cccc(Cl)c1. The number of carbonyl (C=O) groups excluding carboxylic acids is 2. The molecule has 0 spiro atoms. The zero-order valence-electron chi connectivity index (χ0n) is 13.8. The van der Waals surface area contributed by atoms with Crippen LogP contribution in [-0.2, 0) is 11.2 Å². The van der Waals surface area contributed by atoms with E-state index in [-0.39, 0.29) is 11.9 Å². The third-order valence-electron chi connectivity index (χ3n) is 4.00. The molecule has 2 atom stereocenters. The Hall–Kier alpha value is -2.06. The molecule has 4 N–H and O–H groups in total. The van der Waals surface area contributed by atoms with Gasteiger partial charge >= 0.3 is 5.24 Å². The summed E-state index contributed by atoms with van der Waals surface area (Å²) >= 11 is 6.92. The number of amides is 2. The average molecular weight is 392 g/mol. The molecule has 1 unspecified atom stereocenters. The van der Waals surface area contributed by atoms with Crippen LogP contribution in [0.3, 0.4) is 0 Å². The van der Waals surface area contributed by atoms with Gasteiger partial charge in [0.25, 0.3) is 5.91 Å². The second-order valence-corrected chi connectivity index (χ2v) is 7.49. The van der Waals surface area contributed by atoms with Crippen LogP contribution in [0, 0.1) is 0 Å². The fraction of sp³-hybridized carbons (Fsp3) is 0.222.